The predicted octanol–water partition coefficient (Wildman–Crippen LogP) is 3.03. The maximum atomic E-state index is 10.5. The summed E-state index contributed by atoms with van der Waals surface area (Å²) < 4.78 is 1.80. The zero-order valence-electron chi connectivity index (χ0n) is 12.9. The molecule has 2 heterocycles. The van der Waals surface area contributed by atoms with Crippen LogP contribution in [0, 0.1) is 0 Å². The Balaban J connectivity index is 1.91. The van der Waals surface area contributed by atoms with Crippen molar-refractivity contribution in [1.29, 1.82) is 0 Å². The minimum atomic E-state index is -0.738. The molecule has 3 rings (SSSR count). The van der Waals surface area contributed by atoms with Crippen molar-refractivity contribution in [3.63, 3.8) is 0 Å². The largest absolute Gasteiger partial charge is 0.386 e. The normalized spacial score (nSPS) is 12.7. The zero-order chi connectivity index (χ0) is 16.4. The summed E-state index contributed by atoms with van der Waals surface area (Å²) in [5.41, 5.74) is 2.05. The van der Waals surface area contributed by atoms with Crippen molar-refractivity contribution < 1.29 is 5.11 Å². The van der Waals surface area contributed by atoms with Gasteiger partial charge >= 0.3 is 0 Å². The highest BCUT2D eigenvalue weighted by atomic mass is 35.5. The van der Waals surface area contributed by atoms with E-state index in [9.17, 15) is 5.11 Å². The molecule has 0 aliphatic heterocycles. The average Bonchev–Trinajstić information content (AvgIpc) is 2.91. The number of fused-ring (bicyclic) bond motifs is 1. The summed E-state index contributed by atoms with van der Waals surface area (Å²) in [6.45, 7) is 4.39. The number of hydrogen-bond acceptors (Lipinski definition) is 5. The second kappa shape index (κ2) is 6.52. The second-order valence-electron chi connectivity index (χ2n) is 5.63. The molecule has 1 aromatic carbocycles. The van der Waals surface area contributed by atoms with Crippen molar-refractivity contribution in [3.05, 3.63) is 47.5 Å². The summed E-state index contributed by atoms with van der Waals surface area (Å²) in [6.07, 6.45) is 2.41. The minimum Gasteiger partial charge on any atom is -0.386 e. The Morgan fingerprint density at radius 1 is 1.22 bits per heavy atom. The number of aliphatic hydroxyl groups excluding tert-OH is 1. The van der Waals surface area contributed by atoms with Gasteiger partial charge in [0.2, 0.25) is 0 Å². The van der Waals surface area contributed by atoms with E-state index in [0.717, 1.165) is 0 Å². The fraction of sp³-hybridized carbons (Fsp3) is 0.312. The van der Waals surface area contributed by atoms with Crippen LogP contribution >= 0.6 is 11.6 Å². The van der Waals surface area contributed by atoms with Crippen molar-refractivity contribution >= 4 is 28.6 Å². The number of imidazole rings is 1. The molecular formula is C16H18ClN5O. The van der Waals surface area contributed by atoms with Crippen LogP contribution in [0.5, 0.6) is 0 Å². The van der Waals surface area contributed by atoms with E-state index in [1.807, 2.05) is 32.0 Å². The molecule has 0 saturated heterocycles. The number of nitrogens with one attached hydrogen (secondary N) is 1. The Bertz CT molecular complexity index is 817. The first-order chi connectivity index (χ1) is 11.1. The molecule has 0 aliphatic rings. The monoisotopic (exact) mass is 331 g/mol. The number of nitrogens with zero attached hydrogens (tertiary/aromatic N) is 4. The fourth-order valence-electron chi connectivity index (χ4n) is 2.42. The van der Waals surface area contributed by atoms with Gasteiger partial charge < -0.3 is 15.0 Å². The number of aliphatic hydroxyl groups is 1. The molecule has 0 amide bonds. The number of hydrogen-bond donors (Lipinski definition) is 2. The molecule has 7 heteroatoms. The summed E-state index contributed by atoms with van der Waals surface area (Å²) in [5.74, 6) is 0.691. The van der Waals surface area contributed by atoms with E-state index < -0.39 is 6.10 Å². The van der Waals surface area contributed by atoms with Gasteiger partial charge in [0.1, 0.15) is 11.8 Å². The molecule has 0 spiro atoms. The molecule has 3 aromatic rings. The van der Waals surface area contributed by atoms with Crippen LogP contribution in [-0.2, 0) is 6.54 Å². The molecule has 0 radical (unpaired) electrons. The fourth-order valence-corrected chi connectivity index (χ4v) is 2.69. The van der Waals surface area contributed by atoms with Gasteiger partial charge in [-0.2, -0.15) is 0 Å². The molecule has 1 atom stereocenters. The SMILES string of the molecule is CC(C)Nc1ncnc2c1ncn2C[C@H](O)c1ccccc1Cl. The standard InChI is InChI=1S/C16H18ClN5O/c1-10(2)21-15-14-16(19-8-18-15)22(9-20-14)7-13(23)11-5-3-4-6-12(11)17/h3-6,8-10,13,23H,7H2,1-2H3,(H,18,19,21)/t13-/m0/s1. The van der Waals surface area contributed by atoms with E-state index in [0.29, 0.717) is 34.1 Å². The van der Waals surface area contributed by atoms with Crippen molar-refractivity contribution in [3.8, 4) is 0 Å². The lowest BCUT2D eigenvalue weighted by molar-refractivity contribution is 0.158. The average molecular weight is 332 g/mol. The van der Waals surface area contributed by atoms with Gasteiger partial charge in [-0.15, -0.1) is 0 Å². The Labute approximate surface area is 139 Å². The van der Waals surface area contributed by atoms with Gasteiger partial charge in [-0.25, -0.2) is 15.0 Å². The minimum absolute atomic E-state index is 0.243. The summed E-state index contributed by atoms with van der Waals surface area (Å²) in [5, 5.41) is 14.2. The van der Waals surface area contributed by atoms with Gasteiger partial charge in [-0.1, -0.05) is 29.8 Å². The second-order valence-corrected chi connectivity index (χ2v) is 6.03. The highest BCUT2D eigenvalue weighted by molar-refractivity contribution is 6.31. The number of anilines is 1. The number of aromatic nitrogens is 4. The van der Waals surface area contributed by atoms with Crippen LogP contribution in [0.4, 0.5) is 5.82 Å². The number of benzene rings is 1. The Morgan fingerprint density at radius 3 is 2.74 bits per heavy atom. The highest BCUT2D eigenvalue weighted by Gasteiger charge is 2.16. The van der Waals surface area contributed by atoms with Crippen LogP contribution < -0.4 is 5.32 Å². The van der Waals surface area contributed by atoms with Crippen LogP contribution in [-0.4, -0.2) is 30.7 Å². The molecule has 0 aliphatic carbocycles. The molecule has 2 aromatic heterocycles. The first-order valence-electron chi connectivity index (χ1n) is 7.41. The zero-order valence-corrected chi connectivity index (χ0v) is 13.7. The molecule has 2 N–H and O–H groups in total. The smallest absolute Gasteiger partial charge is 0.165 e. The van der Waals surface area contributed by atoms with Crippen LogP contribution in [0.15, 0.2) is 36.9 Å². The van der Waals surface area contributed by atoms with Gasteiger partial charge in [0.05, 0.1) is 19.0 Å². The summed E-state index contributed by atoms with van der Waals surface area (Å²) in [7, 11) is 0. The van der Waals surface area contributed by atoms with Crippen LogP contribution in [0.25, 0.3) is 11.2 Å². The number of halogens is 1. The first-order valence-corrected chi connectivity index (χ1v) is 7.79. The summed E-state index contributed by atoms with van der Waals surface area (Å²) >= 11 is 6.14. The van der Waals surface area contributed by atoms with E-state index in [1.54, 1.807) is 17.0 Å². The quantitative estimate of drug-likeness (QED) is 0.751. The van der Waals surface area contributed by atoms with Crippen molar-refractivity contribution in [2.45, 2.75) is 32.5 Å². The van der Waals surface area contributed by atoms with Crippen LogP contribution in [0.3, 0.4) is 0 Å². The van der Waals surface area contributed by atoms with Gasteiger partial charge in [-0.05, 0) is 19.9 Å². The van der Waals surface area contributed by atoms with E-state index in [-0.39, 0.29) is 6.04 Å². The molecule has 0 saturated carbocycles. The van der Waals surface area contributed by atoms with E-state index in [1.165, 1.54) is 6.33 Å². The van der Waals surface area contributed by atoms with Crippen LogP contribution in [0.2, 0.25) is 5.02 Å². The number of rotatable bonds is 5. The predicted molar refractivity (Wildman–Crippen MR) is 90.5 cm³/mol. The topological polar surface area (TPSA) is 75.9 Å². The third-order valence-electron chi connectivity index (χ3n) is 3.46. The molecule has 6 nitrogen and oxygen atoms in total. The summed E-state index contributed by atoms with van der Waals surface area (Å²) in [6, 6.07) is 7.50. The van der Waals surface area contributed by atoms with Crippen molar-refractivity contribution in [2.24, 2.45) is 0 Å². The third kappa shape index (κ3) is 3.28. The Kier molecular flexibility index (Phi) is 4.45. The third-order valence-corrected chi connectivity index (χ3v) is 3.80. The Hall–Kier alpha value is -2.18. The van der Waals surface area contributed by atoms with Crippen molar-refractivity contribution in [1.82, 2.24) is 19.5 Å². The molecule has 0 bridgehead atoms. The molecular weight excluding hydrogens is 314 g/mol. The van der Waals surface area contributed by atoms with E-state index >= 15 is 0 Å². The van der Waals surface area contributed by atoms with Crippen molar-refractivity contribution in [2.75, 3.05) is 5.32 Å². The van der Waals surface area contributed by atoms with E-state index in [2.05, 4.69) is 20.3 Å². The maximum Gasteiger partial charge on any atom is 0.165 e. The molecule has 0 unspecified atom stereocenters. The maximum absolute atomic E-state index is 10.5. The highest BCUT2D eigenvalue weighted by Crippen LogP contribution is 2.25. The molecule has 23 heavy (non-hydrogen) atoms. The van der Waals surface area contributed by atoms with Gasteiger partial charge in [0.15, 0.2) is 11.5 Å². The lowest BCUT2D eigenvalue weighted by Gasteiger charge is -2.14. The molecule has 120 valence electrons. The van der Waals surface area contributed by atoms with Gasteiger partial charge in [0, 0.05) is 16.6 Å². The van der Waals surface area contributed by atoms with Gasteiger partial charge in [0.25, 0.3) is 0 Å². The van der Waals surface area contributed by atoms with Gasteiger partial charge in [-0.3, -0.25) is 0 Å². The molecule has 0 fully saturated rings. The lowest BCUT2D eigenvalue weighted by atomic mass is 10.1. The summed E-state index contributed by atoms with van der Waals surface area (Å²) in [4.78, 5) is 12.9. The lowest BCUT2D eigenvalue weighted by Crippen LogP contribution is -2.12. The van der Waals surface area contributed by atoms with E-state index in [4.69, 9.17) is 11.6 Å². The Morgan fingerprint density at radius 2 is 2.00 bits per heavy atom. The first kappa shape index (κ1) is 15.7. The van der Waals surface area contributed by atoms with Crippen LogP contribution in [0.1, 0.15) is 25.5 Å².